The number of nitrogens with one attached hydrogen (secondary N) is 1. The van der Waals surface area contributed by atoms with Crippen LogP contribution in [0.2, 0.25) is 0 Å². The molecule has 0 radical (unpaired) electrons. The van der Waals surface area contributed by atoms with Crippen molar-refractivity contribution in [2.45, 2.75) is 67.1 Å². The van der Waals surface area contributed by atoms with E-state index < -0.39 is 29.2 Å². The van der Waals surface area contributed by atoms with Crippen LogP contribution in [0.25, 0.3) is 0 Å². The Morgan fingerprint density at radius 2 is 1.58 bits per heavy atom. The number of aliphatic carboxylic acids is 1. The third-order valence-corrected chi connectivity index (χ3v) is 3.09. The van der Waals surface area contributed by atoms with Gasteiger partial charge in [-0.1, -0.05) is 13.8 Å². The molecule has 0 fully saturated rings. The molecule has 0 aromatic rings. The van der Waals surface area contributed by atoms with E-state index in [1.165, 1.54) is 13.8 Å². The van der Waals surface area contributed by atoms with Gasteiger partial charge in [0.05, 0.1) is 5.41 Å². The van der Waals surface area contributed by atoms with Gasteiger partial charge in [-0.25, -0.2) is 4.79 Å². The fourth-order valence-corrected chi connectivity index (χ4v) is 2.04. The molecule has 0 bridgehead atoms. The van der Waals surface area contributed by atoms with Gasteiger partial charge in [-0.05, 0) is 39.0 Å². The van der Waals surface area contributed by atoms with Crippen LogP contribution in [0.4, 0.5) is 4.79 Å². The lowest BCUT2D eigenvalue weighted by Gasteiger charge is -2.29. The summed E-state index contributed by atoms with van der Waals surface area (Å²) in [4.78, 5) is 34.6. The summed E-state index contributed by atoms with van der Waals surface area (Å²) in [5.74, 6) is -2.67. The molecule has 24 heavy (non-hydrogen) atoms. The van der Waals surface area contributed by atoms with Gasteiger partial charge in [0, 0.05) is 26.8 Å². The van der Waals surface area contributed by atoms with Crippen molar-refractivity contribution < 1.29 is 29.0 Å². The Morgan fingerprint density at radius 1 is 1.04 bits per heavy atom. The third-order valence-electron chi connectivity index (χ3n) is 3.09. The second kappa shape index (κ2) is 8.89. The topological polar surface area (TPSA) is 102 Å². The Morgan fingerprint density at radius 3 is 2.00 bits per heavy atom. The maximum atomic E-state index is 11.9. The van der Waals surface area contributed by atoms with Crippen LogP contribution in [0, 0.1) is 17.3 Å². The molecular weight excluding hydrogens is 314 g/mol. The molecule has 0 heterocycles. The Balaban J connectivity index is 4.54. The number of carboxylic acids is 1. The number of hydrogen-bond donors (Lipinski definition) is 2. The zero-order chi connectivity index (χ0) is 19.1. The lowest BCUT2D eigenvalue weighted by atomic mass is 9.94. The van der Waals surface area contributed by atoms with Crippen molar-refractivity contribution >= 4 is 18.0 Å². The van der Waals surface area contributed by atoms with Crippen LogP contribution in [0.5, 0.6) is 0 Å². The van der Waals surface area contributed by atoms with Crippen LogP contribution in [0.15, 0.2) is 0 Å². The lowest BCUT2D eigenvalue weighted by Crippen LogP contribution is -2.42. The zero-order valence-corrected chi connectivity index (χ0v) is 15.8. The van der Waals surface area contributed by atoms with Crippen molar-refractivity contribution in [3.63, 3.8) is 0 Å². The average Bonchev–Trinajstić information content (AvgIpc) is 2.32. The predicted octanol–water partition coefficient (Wildman–Crippen LogP) is 3.18. The first-order chi connectivity index (χ1) is 10.7. The largest absolute Gasteiger partial charge is 0.481 e. The second-order valence-electron chi connectivity index (χ2n) is 7.90. The number of ether oxygens (including phenoxy) is 2. The van der Waals surface area contributed by atoms with E-state index in [9.17, 15) is 14.4 Å². The van der Waals surface area contributed by atoms with E-state index in [2.05, 4.69) is 5.32 Å². The molecule has 0 aromatic heterocycles. The summed E-state index contributed by atoms with van der Waals surface area (Å²) in [5, 5.41) is 11.5. The third kappa shape index (κ3) is 10.1. The summed E-state index contributed by atoms with van der Waals surface area (Å²) in [6.45, 7) is 12.2. The number of rotatable bonds is 8. The van der Waals surface area contributed by atoms with E-state index >= 15 is 0 Å². The molecule has 1 atom stereocenters. The maximum Gasteiger partial charge on any atom is 0.410 e. The van der Waals surface area contributed by atoms with Crippen LogP contribution in [0.1, 0.15) is 61.3 Å². The minimum absolute atomic E-state index is 0.0269. The molecule has 140 valence electrons. The minimum atomic E-state index is -1.41. The van der Waals surface area contributed by atoms with Crippen molar-refractivity contribution in [3.8, 4) is 0 Å². The summed E-state index contributed by atoms with van der Waals surface area (Å²) in [6.07, 6.45) is -0.101. The number of hydrogen-bond acceptors (Lipinski definition) is 5. The number of amides is 1. The summed E-state index contributed by atoms with van der Waals surface area (Å²) in [5.41, 5.74) is -0.707. The molecule has 7 nitrogen and oxygen atoms in total. The van der Waals surface area contributed by atoms with Crippen molar-refractivity contribution in [2.24, 2.45) is 17.3 Å². The van der Waals surface area contributed by atoms with Gasteiger partial charge < -0.3 is 19.9 Å². The standard InChI is InChI=1S/C17H31NO6/c1-11(2)8-12(9-13(19)20)10-18-15(22)24-17(6,7)23-14(21)16(3,4)5/h11-12H,8-10H2,1-7H3,(H,18,22)(H,19,20). The highest BCUT2D eigenvalue weighted by molar-refractivity contribution is 5.76. The molecule has 0 aliphatic rings. The van der Waals surface area contributed by atoms with Crippen LogP contribution in [-0.4, -0.2) is 35.5 Å². The molecule has 0 rings (SSSR count). The summed E-state index contributed by atoms with van der Waals surface area (Å²) in [6, 6.07) is 0. The smallest absolute Gasteiger partial charge is 0.410 e. The van der Waals surface area contributed by atoms with Gasteiger partial charge in [-0.15, -0.1) is 0 Å². The fraction of sp³-hybridized carbons (Fsp3) is 0.824. The predicted molar refractivity (Wildman–Crippen MR) is 89.3 cm³/mol. The molecule has 1 amide bonds. The molecule has 0 saturated heterocycles. The van der Waals surface area contributed by atoms with Gasteiger partial charge >= 0.3 is 18.0 Å². The highest BCUT2D eigenvalue weighted by atomic mass is 16.7. The van der Waals surface area contributed by atoms with Gasteiger partial charge in [-0.3, -0.25) is 9.59 Å². The highest BCUT2D eigenvalue weighted by Crippen LogP contribution is 2.21. The van der Waals surface area contributed by atoms with E-state index in [1.54, 1.807) is 20.8 Å². The fourth-order valence-electron chi connectivity index (χ4n) is 2.04. The van der Waals surface area contributed by atoms with Crippen molar-refractivity contribution in [2.75, 3.05) is 6.54 Å². The summed E-state index contributed by atoms with van der Waals surface area (Å²) in [7, 11) is 0. The SMILES string of the molecule is CC(C)CC(CNC(=O)OC(C)(C)OC(=O)C(C)(C)C)CC(=O)O. The Labute approximate surface area is 144 Å². The molecule has 0 aromatic carbocycles. The molecule has 0 saturated carbocycles. The molecule has 0 spiro atoms. The minimum Gasteiger partial charge on any atom is -0.481 e. The number of alkyl carbamates (subject to hydrolysis) is 1. The van der Waals surface area contributed by atoms with Crippen LogP contribution < -0.4 is 5.32 Å². The van der Waals surface area contributed by atoms with E-state index in [4.69, 9.17) is 14.6 Å². The van der Waals surface area contributed by atoms with Gasteiger partial charge in [0.1, 0.15) is 0 Å². The first kappa shape index (κ1) is 22.2. The van der Waals surface area contributed by atoms with Crippen molar-refractivity contribution in [3.05, 3.63) is 0 Å². The van der Waals surface area contributed by atoms with Gasteiger partial charge in [0.15, 0.2) is 0 Å². The lowest BCUT2D eigenvalue weighted by molar-refractivity contribution is -0.203. The summed E-state index contributed by atoms with van der Waals surface area (Å²) < 4.78 is 10.3. The average molecular weight is 345 g/mol. The molecular formula is C17H31NO6. The van der Waals surface area contributed by atoms with E-state index in [0.29, 0.717) is 12.3 Å². The molecule has 2 N–H and O–H groups in total. The van der Waals surface area contributed by atoms with Crippen molar-refractivity contribution in [1.82, 2.24) is 5.32 Å². The Bertz CT molecular complexity index is 450. The maximum absolute atomic E-state index is 11.9. The van der Waals surface area contributed by atoms with E-state index in [-0.39, 0.29) is 18.9 Å². The van der Waals surface area contributed by atoms with E-state index in [1.807, 2.05) is 13.8 Å². The molecule has 0 aliphatic heterocycles. The first-order valence-corrected chi connectivity index (χ1v) is 8.15. The molecule has 0 aliphatic carbocycles. The number of carbonyl (C=O) groups excluding carboxylic acids is 2. The number of carboxylic acid groups (broad SMARTS) is 1. The molecule has 1 unspecified atom stereocenters. The Kier molecular flexibility index (Phi) is 8.23. The number of carbonyl (C=O) groups is 3. The highest BCUT2D eigenvalue weighted by Gasteiger charge is 2.33. The monoisotopic (exact) mass is 345 g/mol. The normalized spacial score (nSPS) is 13.3. The number of esters is 1. The zero-order valence-electron chi connectivity index (χ0n) is 15.8. The Hall–Kier alpha value is -1.79. The van der Waals surface area contributed by atoms with E-state index in [0.717, 1.165) is 0 Å². The molecule has 7 heteroatoms. The van der Waals surface area contributed by atoms with Gasteiger partial charge in [0.2, 0.25) is 0 Å². The van der Waals surface area contributed by atoms with Gasteiger partial charge in [-0.2, -0.15) is 0 Å². The van der Waals surface area contributed by atoms with Gasteiger partial charge in [0.25, 0.3) is 5.79 Å². The van der Waals surface area contributed by atoms with Crippen LogP contribution in [-0.2, 0) is 19.1 Å². The quantitative estimate of drug-likeness (QED) is 0.517. The van der Waals surface area contributed by atoms with Crippen molar-refractivity contribution in [1.29, 1.82) is 0 Å². The van der Waals surface area contributed by atoms with Crippen LogP contribution >= 0.6 is 0 Å². The second-order valence-corrected chi connectivity index (χ2v) is 7.90. The van der Waals surface area contributed by atoms with Crippen LogP contribution in [0.3, 0.4) is 0 Å². The summed E-state index contributed by atoms with van der Waals surface area (Å²) >= 11 is 0. The first-order valence-electron chi connectivity index (χ1n) is 8.15.